The lowest BCUT2D eigenvalue weighted by Crippen LogP contribution is -2.48. The van der Waals surface area contributed by atoms with E-state index in [0.29, 0.717) is 19.4 Å². The lowest BCUT2D eigenvalue weighted by atomic mass is 10.1. The van der Waals surface area contributed by atoms with Crippen LogP contribution in [0.25, 0.3) is 0 Å². The van der Waals surface area contributed by atoms with Crippen molar-refractivity contribution >= 4 is 29.9 Å². The predicted molar refractivity (Wildman–Crippen MR) is 90.2 cm³/mol. The van der Waals surface area contributed by atoms with E-state index in [-0.39, 0.29) is 24.2 Å². The molecule has 2 unspecified atom stereocenters. The highest BCUT2D eigenvalue weighted by atomic mass is 35.5. The summed E-state index contributed by atoms with van der Waals surface area (Å²) >= 11 is 0. The number of nitrogens with two attached hydrogens (primary N) is 1. The molecule has 2 amide bonds. The van der Waals surface area contributed by atoms with Crippen LogP contribution < -0.4 is 16.0 Å². The summed E-state index contributed by atoms with van der Waals surface area (Å²) < 4.78 is 0. The number of nitrogens with one attached hydrogen (secondary N) is 1. The Morgan fingerprint density at radius 1 is 1.41 bits per heavy atom. The smallest absolute Gasteiger partial charge is 0.249 e. The third-order valence-electron chi connectivity index (χ3n) is 3.80. The van der Waals surface area contributed by atoms with Gasteiger partial charge in [0.05, 0.1) is 6.04 Å². The Hall–Kier alpha value is -1.59. The highest BCUT2D eigenvalue weighted by Gasteiger charge is 2.34. The van der Waals surface area contributed by atoms with Gasteiger partial charge in [-0.25, -0.2) is 0 Å². The molecule has 122 valence electrons. The molecule has 5 nitrogen and oxygen atoms in total. The number of aryl methyl sites for hydroxylation is 1. The maximum atomic E-state index is 12.4. The molecular formula is C16H24ClN3O2. The standard InChI is InChI=1S/C16H23N3O2.ClH/c1-3-4-13(17)15(20)18-14-9-10-19(16(14)21)12-7-5-11(2)6-8-12;/h5-8,13-14H,3-4,9-10,17H2,1-2H3,(H,18,20);1H. The molecule has 22 heavy (non-hydrogen) atoms. The molecule has 1 aromatic rings. The van der Waals surface area contributed by atoms with Crippen LogP contribution in [-0.4, -0.2) is 30.4 Å². The van der Waals surface area contributed by atoms with Gasteiger partial charge in [-0.15, -0.1) is 12.4 Å². The van der Waals surface area contributed by atoms with Crippen molar-refractivity contribution < 1.29 is 9.59 Å². The first kappa shape index (κ1) is 18.5. The molecule has 0 saturated carbocycles. The molecule has 1 aliphatic rings. The van der Waals surface area contributed by atoms with Crippen molar-refractivity contribution in [3.05, 3.63) is 29.8 Å². The minimum absolute atomic E-state index is 0. The van der Waals surface area contributed by atoms with Crippen LogP contribution in [0.2, 0.25) is 0 Å². The van der Waals surface area contributed by atoms with Gasteiger partial charge in [0.2, 0.25) is 11.8 Å². The maximum absolute atomic E-state index is 12.4. The third kappa shape index (κ3) is 4.21. The van der Waals surface area contributed by atoms with Crippen LogP contribution in [0.1, 0.15) is 31.7 Å². The molecule has 3 N–H and O–H groups in total. The van der Waals surface area contributed by atoms with Crippen molar-refractivity contribution in [2.24, 2.45) is 5.73 Å². The molecule has 0 aliphatic carbocycles. The summed E-state index contributed by atoms with van der Waals surface area (Å²) in [6, 6.07) is 6.83. The summed E-state index contributed by atoms with van der Waals surface area (Å²) in [7, 11) is 0. The van der Waals surface area contributed by atoms with Crippen LogP contribution >= 0.6 is 12.4 Å². The first-order valence-corrected chi connectivity index (χ1v) is 7.47. The van der Waals surface area contributed by atoms with Crippen molar-refractivity contribution in [2.75, 3.05) is 11.4 Å². The third-order valence-corrected chi connectivity index (χ3v) is 3.80. The van der Waals surface area contributed by atoms with Crippen LogP contribution in [0.4, 0.5) is 5.69 Å². The average molecular weight is 326 g/mol. The van der Waals surface area contributed by atoms with Gasteiger partial charge in [-0.2, -0.15) is 0 Å². The summed E-state index contributed by atoms with van der Waals surface area (Å²) in [5.74, 6) is -0.295. The molecule has 1 aliphatic heterocycles. The monoisotopic (exact) mass is 325 g/mol. The van der Waals surface area contributed by atoms with Gasteiger partial charge in [0.15, 0.2) is 0 Å². The summed E-state index contributed by atoms with van der Waals surface area (Å²) in [5.41, 5.74) is 7.81. The number of hydrogen-bond donors (Lipinski definition) is 2. The van der Waals surface area contributed by atoms with Crippen molar-refractivity contribution in [1.82, 2.24) is 5.32 Å². The quantitative estimate of drug-likeness (QED) is 0.866. The molecule has 1 fully saturated rings. The molecule has 0 aromatic heterocycles. The van der Waals surface area contributed by atoms with E-state index in [1.54, 1.807) is 4.90 Å². The zero-order chi connectivity index (χ0) is 15.4. The molecule has 0 spiro atoms. The first-order valence-electron chi connectivity index (χ1n) is 7.47. The van der Waals surface area contributed by atoms with Crippen molar-refractivity contribution in [3.8, 4) is 0 Å². The largest absolute Gasteiger partial charge is 0.343 e. The Morgan fingerprint density at radius 2 is 2.05 bits per heavy atom. The Kier molecular flexibility index (Phi) is 6.84. The van der Waals surface area contributed by atoms with E-state index in [1.807, 2.05) is 38.1 Å². The molecule has 6 heteroatoms. The number of halogens is 1. The summed E-state index contributed by atoms with van der Waals surface area (Å²) in [6.07, 6.45) is 2.11. The lowest BCUT2D eigenvalue weighted by molar-refractivity contribution is -0.127. The van der Waals surface area contributed by atoms with Gasteiger partial charge in [-0.3, -0.25) is 9.59 Å². The van der Waals surface area contributed by atoms with E-state index in [4.69, 9.17) is 5.73 Å². The highest BCUT2D eigenvalue weighted by Crippen LogP contribution is 2.22. The fraction of sp³-hybridized carbons (Fsp3) is 0.500. The second kappa shape index (κ2) is 8.15. The molecule has 1 heterocycles. The average Bonchev–Trinajstić information content (AvgIpc) is 2.81. The van der Waals surface area contributed by atoms with Crippen LogP contribution in [0.15, 0.2) is 24.3 Å². The molecule has 0 radical (unpaired) electrons. The zero-order valence-electron chi connectivity index (χ0n) is 13.0. The van der Waals surface area contributed by atoms with E-state index < -0.39 is 12.1 Å². The second-order valence-corrected chi connectivity index (χ2v) is 5.57. The number of anilines is 1. The topological polar surface area (TPSA) is 75.4 Å². The van der Waals surface area contributed by atoms with Crippen molar-refractivity contribution in [1.29, 1.82) is 0 Å². The van der Waals surface area contributed by atoms with Gasteiger partial charge >= 0.3 is 0 Å². The van der Waals surface area contributed by atoms with Gasteiger partial charge < -0.3 is 16.0 Å². The number of hydrogen-bond acceptors (Lipinski definition) is 3. The van der Waals surface area contributed by atoms with Crippen LogP contribution in [-0.2, 0) is 9.59 Å². The summed E-state index contributed by atoms with van der Waals surface area (Å²) in [6.45, 7) is 4.61. The van der Waals surface area contributed by atoms with E-state index in [0.717, 1.165) is 17.7 Å². The Bertz CT molecular complexity index is 519. The molecule has 0 bridgehead atoms. The lowest BCUT2D eigenvalue weighted by Gasteiger charge is -2.18. The first-order chi connectivity index (χ1) is 10.0. The molecule has 1 saturated heterocycles. The normalized spacial score (nSPS) is 18.8. The van der Waals surface area contributed by atoms with Gasteiger partial charge in [0.1, 0.15) is 6.04 Å². The maximum Gasteiger partial charge on any atom is 0.249 e. The zero-order valence-corrected chi connectivity index (χ0v) is 13.9. The van der Waals surface area contributed by atoms with Crippen molar-refractivity contribution in [2.45, 2.75) is 45.2 Å². The minimum atomic E-state index is -0.531. The van der Waals surface area contributed by atoms with E-state index in [2.05, 4.69) is 5.32 Å². The fourth-order valence-electron chi connectivity index (χ4n) is 2.52. The molecular weight excluding hydrogens is 302 g/mol. The van der Waals surface area contributed by atoms with E-state index in [9.17, 15) is 9.59 Å². The van der Waals surface area contributed by atoms with Gasteiger partial charge in [-0.1, -0.05) is 31.0 Å². The molecule has 1 aromatic carbocycles. The predicted octanol–water partition coefficient (Wildman–Crippen LogP) is 1.77. The van der Waals surface area contributed by atoms with E-state index in [1.165, 1.54) is 0 Å². The van der Waals surface area contributed by atoms with E-state index >= 15 is 0 Å². The summed E-state index contributed by atoms with van der Waals surface area (Å²) in [4.78, 5) is 26.0. The number of rotatable bonds is 5. The highest BCUT2D eigenvalue weighted by molar-refractivity contribution is 6.01. The summed E-state index contributed by atoms with van der Waals surface area (Å²) in [5, 5.41) is 2.77. The number of benzene rings is 1. The fourth-order valence-corrected chi connectivity index (χ4v) is 2.52. The number of carbonyl (C=O) groups is 2. The number of amides is 2. The second-order valence-electron chi connectivity index (χ2n) is 5.57. The molecule has 2 atom stereocenters. The van der Waals surface area contributed by atoms with Gasteiger partial charge in [0, 0.05) is 12.2 Å². The number of nitrogens with zero attached hydrogens (tertiary/aromatic N) is 1. The SMILES string of the molecule is CCCC(N)C(=O)NC1CCN(c2ccc(C)cc2)C1=O.Cl. The van der Waals surface area contributed by atoms with Crippen LogP contribution in [0.3, 0.4) is 0 Å². The van der Waals surface area contributed by atoms with Gasteiger partial charge in [0.25, 0.3) is 0 Å². The minimum Gasteiger partial charge on any atom is -0.343 e. The number of carbonyl (C=O) groups excluding carboxylic acids is 2. The van der Waals surface area contributed by atoms with Crippen LogP contribution in [0.5, 0.6) is 0 Å². The van der Waals surface area contributed by atoms with Crippen molar-refractivity contribution in [3.63, 3.8) is 0 Å². The Balaban J connectivity index is 0.00000242. The van der Waals surface area contributed by atoms with Gasteiger partial charge in [-0.05, 0) is 31.9 Å². The Labute approximate surface area is 137 Å². The Morgan fingerprint density at radius 3 is 2.64 bits per heavy atom. The van der Waals surface area contributed by atoms with Crippen LogP contribution in [0, 0.1) is 6.92 Å². The molecule has 2 rings (SSSR count).